The van der Waals surface area contributed by atoms with E-state index < -0.39 is 5.92 Å². The van der Waals surface area contributed by atoms with Crippen LogP contribution >= 0.6 is 0 Å². The van der Waals surface area contributed by atoms with Gasteiger partial charge in [0.25, 0.3) is 5.91 Å². The van der Waals surface area contributed by atoms with Gasteiger partial charge in [-0.1, -0.05) is 36.4 Å². The molecule has 2 aromatic carbocycles. The number of nitrogens with one attached hydrogen (secondary N) is 1. The van der Waals surface area contributed by atoms with Gasteiger partial charge >= 0.3 is 5.97 Å². The average molecular weight is 551 g/mol. The summed E-state index contributed by atoms with van der Waals surface area (Å²) in [7, 11) is 0. The number of fused-ring (bicyclic) bond motifs is 5. The van der Waals surface area contributed by atoms with Crippen LogP contribution in [0.1, 0.15) is 29.9 Å². The Labute approximate surface area is 220 Å². The molecule has 8 nitrogen and oxygen atoms in total. The number of rotatable bonds is 5. The van der Waals surface area contributed by atoms with Gasteiger partial charge in [-0.2, -0.15) is 0 Å². The van der Waals surface area contributed by atoms with Gasteiger partial charge < -0.3 is 36.3 Å². The van der Waals surface area contributed by atoms with Gasteiger partial charge in [0.15, 0.2) is 18.5 Å². The molecule has 3 aromatic rings. The SMILES string of the molecule is O=C(C[N+]12CCC(CC1)C(OC(=O)C1c3ccccc3Oc3ccccc31)C2)Nc1cnccn1.[Br-]. The summed E-state index contributed by atoms with van der Waals surface area (Å²) in [4.78, 5) is 34.6. The Kier molecular flexibility index (Phi) is 6.77. The molecule has 3 saturated heterocycles. The Morgan fingerprint density at radius 2 is 1.67 bits per heavy atom. The number of piperidine rings is 3. The lowest BCUT2D eigenvalue weighted by Crippen LogP contribution is -3.00. The zero-order valence-corrected chi connectivity index (χ0v) is 21.3. The minimum Gasteiger partial charge on any atom is -1.00 e. The molecule has 0 saturated carbocycles. The molecule has 0 spiro atoms. The highest BCUT2D eigenvalue weighted by atomic mass is 79.9. The summed E-state index contributed by atoms with van der Waals surface area (Å²) >= 11 is 0. The molecule has 1 aromatic heterocycles. The Morgan fingerprint density at radius 3 is 2.31 bits per heavy atom. The summed E-state index contributed by atoms with van der Waals surface area (Å²) in [6, 6.07) is 15.3. The number of ether oxygens (including phenoxy) is 2. The number of esters is 1. The van der Waals surface area contributed by atoms with Crippen molar-refractivity contribution >= 4 is 17.7 Å². The number of quaternary nitrogens is 1. The fourth-order valence-electron chi connectivity index (χ4n) is 5.81. The molecule has 5 heterocycles. The van der Waals surface area contributed by atoms with Crippen molar-refractivity contribution < 1.29 is 40.5 Å². The Hall–Kier alpha value is -3.30. The smallest absolute Gasteiger partial charge is 0.318 e. The van der Waals surface area contributed by atoms with E-state index in [-0.39, 0.29) is 35.0 Å². The topological polar surface area (TPSA) is 90.4 Å². The van der Waals surface area contributed by atoms with Crippen molar-refractivity contribution in [3.63, 3.8) is 0 Å². The molecule has 1 amide bonds. The zero-order valence-electron chi connectivity index (χ0n) is 19.7. The molecule has 0 radical (unpaired) electrons. The van der Waals surface area contributed by atoms with Crippen LogP contribution in [0.25, 0.3) is 0 Å². The molecule has 2 bridgehead atoms. The molecule has 36 heavy (non-hydrogen) atoms. The van der Waals surface area contributed by atoms with E-state index in [9.17, 15) is 9.59 Å². The molecule has 0 aliphatic carbocycles. The van der Waals surface area contributed by atoms with E-state index in [0.717, 1.165) is 37.1 Å². The third kappa shape index (κ3) is 4.60. The molecular formula is C27H27BrN4O4. The maximum absolute atomic E-state index is 13.7. The van der Waals surface area contributed by atoms with Crippen LogP contribution in [0, 0.1) is 5.92 Å². The maximum atomic E-state index is 13.7. The number of para-hydroxylation sites is 2. The molecule has 1 unspecified atom stereocenters. The van der Waals surface area contributed by atoms with Gasteiger partial charge in [0.05, 0.1) is 19.3 Å². The van der Waals surface area contributed by atoms with E-state index in [1.54, 1.807) is 12.4 Å². The number of aromatic nitrogens is 2. The lowest BCUT2D eigenvalue weighted by molar-refractivity contribution is -0.938. The third-order valence-corrected chi connectivity index (χ3v) is 7.53. The molecule has 3 fully saturated rings. The third-order valence-electron chi connectivity index (χ3n) is 7.53. The number of hydrogen-bond acceptors (Lipinski definition) is 6. The van der Waals surface area contributed by atoms with Crippen LogP contribution in [0.4, 0.5) is 5.82 Å². The highest BCUT2D eigenvalue weighted by Gasteiger charge is 2.49. The van der Waals surface area contributed by atoms with E-state index in [1.807, 2.05) is 48.5 Å². The lowest BCUT2D eigenvalue weighted by Gasteiger charge is -2.51. The highest BCUT2D eigenvalue weighted by Crippen LogP contribution is 2.45. The van der Waals surface area contributed by atoms with Gasteiger partial charge in [-0.25, -0.2) is 4.98 Å². The summed E-state index contributed by atoms with van der Waals surface area (Å²) in [6.07, 6.45) is 6.33. The fraction of sp³-hybridized carbons (Fsp3) is 0.333. The monoisotopic (exact) mass is 550 g/mol. The molecule has 1 N–H and O–H groups in total. The van der Waals surface area contributed by atoms with Gasteiger partial charge in [-0.3, -0.25) is 14.6 Å². The average Bonchev–Trinajstić information content (AvgIpc) is 2.88. The van der Waals surface area contributed by atoms with E-state index in [4.69, 9.17) is 9.47 Å². The van der Waals surface area contributed by atoms with E-state index in [0.29, 0.717) is 40.8 Å². The van der Waals surface area contributed by atoms with Crippen LogP contribution < -0.4 is 27.0 Å². The van der Waals surface area contributed by atoms with Gasteiger partial charge in [-0.05, 0) is 12.1 Å². The summed E-state index contributed by atoms with van der Waals surface area (Å²) in [6.45, 7) is 2.81. The summed E-state index contributed by atoms with van der Waals surface area (Å²) < 4.78 is 12.9. The van der Waals surface area contributed by atoms with Crippen LogP contribution in [0.15, 0.2) is 67.1 Å². The molecule has 9 heteroatoms. The number of halogens is 1. The zero-order chi connectivity index (χ0) is 23.8. The van der Waals surface area contributed by atoms with Crippen LogP contribution in [0.3, 0.4) is 0 Å². The van der Waals surface area contributed by atoms with Gasteiger partial charge in [0, 0.05) is 42.3 Å². The largest absolute Gasteiger partial charge is 1.00 e. The molecule has 7 rings (SSSR count). The predicted molar refractivity (Wildman–Crippen MR) is 128 cm³/mol. The van der Waals surface area contributed by atoms with Crippen LogP contribution in [0.5, 0.6) is 11.5 Å². The minimum absolute atomic E-state index is 0. The van der Waals surface area contributed by atoms with E-state index >= 15 is 0 Å². The quantitative estimate of drug-likeness (QED) is 0.367. The second kappa shape index (κ2) is 9.99. The van der Waals surface area contributed by atoms with Crippen LogP contribution in [-0.4, -0.2) is 58.6 Å². The number of anilines is 1. The Morgan fingerprint density at radius 1 is 1.00 bits per heavy atom. The maximum Gasteiger partial charge on any atom is 0.318 e. The molecule has 186 valence electrons. The fourth-order valence-corrected chi connectivity index (χ4v) is 5.81. The molecular weight excluding hydrogens is 524 g/mol. The minimum atomic E-state index is -0.528. The van der Waals surface area contributed by atoms with Crippen molar-refractivity contribution in [3.8, 4) is 11.5 Å². The van der Waals surface area contributed by atoms with Crippen molar-refractivity contribution in [3.05, 3.63) is 78.2 Å². The van der Waals surface area contributed by atoms with E-state index in [2.05, 4.69) is 15.3 Å². The number of carbonyl (C=O) groups excluding carboxylic acids is 2. The van der Waals surface area contributed by atoms with Crippen molar-refractivity contribution in [1.29, 1.82) is 0 Å². The second-order valence-electron chi connectivity index (χ2n) is 9.69. The Bertz CT molecular complexity index is 1220. The second-order valence-corrected chi connectivity index (χ2v) is 9.69. The molecule has 1 atom stereocenters. The number of hydrogen-bond donors (Lipinski definition) is 1. The normalized spacial score (nSPS) is 23.9. The van der Waals surface area contributed by atoms with Crippen molar-refractivity contribution in [2.75, 3.05) is 31.5 Å². The standard InChI is InChI=1S/C27H26N4O4.BrH/c32-25(30-24-15-28-11-12-29-24)17-31-13-9-18(10-14-31)23(16-31)35-27(33)26-19-5-1-3-7-21(19)34-22-8-4-2-6-20(22)26;/h1-8,11-12,15,18,23,26H,9-10,13-14,16-17H2;1H. The van der Waals surface area contributed by atoms with Crippen LogP contribution in [0.2, 0.25) is 0 Å². The van der Waals surface area contributed by atoms with Crippen molar-refractivity contribution in [2.45, 2.75) is 24.9 Å². The van der Waals surface area contributed by atoms with Crippen LogP contribution in [-0.2, 0) is 14.3 Å². The number of nitrogens with zero attached hydrogens (tertiary/aromatic N) is 3. The first-order chi connectivity index (χ1) is 17.1. The summed E-state index contributed by atoms with van der Waals surface area (Å²) in [5, 5.41) is 2.85. The first kappa shape index (κ1) is 24.4. The summed E-state index contributed by atoms with van der Waals surface area (Å²) in [5.74, 6) is 1.27. The predicted octanol–water partition coefficient (Wildman–Crippen LogP) is 0.509. The van der Waals surface area contributed by atoms with Gasteiger partial charge in [0.1, 0.15) is 24.0 Å². The first-order valence-electron chi connectivity index (χ1n) is 12.1. The van der Waals surface area contributed by atoms with Gasteiger partial charge in [-0.15, -0.1) is 0 Å². The summed E-state index contributed by atoms with van der Waals surface area (Å²) in [5.41, 5.74) is 1.65. The number of amides is 1. The number of carbonyl (C=O) groups is 2. The lowest BCUT2D eigenvalue weighted by atomic mass is 9.82. The molecule has 4 aliphatic rings. The van der Waals surface area contributed by atoms with Crippen molar-refractivity contribution in [1.82, 2.24) is 9.97 Å². The first-order valence-corrected chi connectivity index (χ1v) is 12.1. The number of benzene rings is 2. The van der Waals surface area contributed by atoms with Gasteiger partial charge in [0.2, 0.25) is 0 Å². The highest BCUT2D eigenvalue weighted by molar-refractivity contribution is 5.90. The van der Waals surface area contributed by atoms with Crippen molar-refractivity contribution in [2.24, 2.45) is 5.92 Å². The molecule has 4 aliphatic heterocycles. The van der Waals surface area contributed by atoms with E-state index in [1.165, 1.54) is 6.20 Å². The Balaban J connectivity index is 0.00000267.